The molecular formula is C16H19NO. The second-order valence-corrected chi connectivity index (χ2v) is 4.30. The third kappa shape index (κ3) is 3.59. The minimum atomic E-state index is 0.778. The van der Waals surface area contributed by atoms with E-state index in [1.807, 2.05) is 30.3 Å². The third-order valence-electron chi connectivity index (χ3n) is 2.82. The van der Waals surface area contributed by atoms with Gasteiger partial charge in [0, 0.05) is 5.56 Å². The van der Waals surface area contributed by atoms with Crippen LogP contribution in [-0.4, -0.2) is 11.6 Å². The summed E-state index contributed by atoms with van der Waals surface area (Å²) in [5.74, 6) is 0.853. The quantitative estimate of drug-likeness (QED) is 0.703. The van der Waals surface area contributed by atoms with E-state index in [2.05, 4.69) is 24.0 Å². The van der Waals surface area contributed by atoms with Crippen molar-refractivity contribution >= 4 is 0 Å². The maximum atomic E-state index is 5.64. The Kier molecular flexibility index (Phi) is 4.77. The molecule has 0 saturated heterocycles. The molecule has 0 N–H and O–H groups in total. The number of unbranched alkanes of at least 4 members (excludes halogenated alkanes) is 2. The third-order valence-corrected chi connectivity index (χ3v) is 2.82. The molecular weight excluding hydrogens is 222 g/mol. The van der Waals surface area contributed by atoms with Gasteiger partial charge in [0.15, 0.2) is 0 Å². The molecule has 1 aromatic carbocycles. The van der Waals surface area contributed by atoms with Gasteiger partial charge in [-0.3, -0.25) is 4.98 Å². The predicted octanol–water partition coefficient (Wildman–Crippen LogP) is 4.32. The van der Waals surface area contributed by atoms with E-state index in [4.69, 9.17) is 4.74 Å². The summed E-state index contributed by atoms with van der Waals surface area (Å²) in [6, 6.07) is 14.2. The van der Waals surface area contributed by atoms with Gasteiger partial charge in [0.1, 0.15) is 5.75 Å². The summed E-state index contributed by atoms with van der Waals surface area (Å²) in [6.07, 6.45) is 5.34. The number of ether oxygens (including phenoxy) is 1. The average molecular weight is 241 g/mol. The molecule has 1 heterocycles. The Labute approximate surface area is 109 Å². The second kappa shape index (κ2) is 6.80. The van der Waals surface area contributed by atoms with Crippen molar-refractivity contribution in [1.29, 1.82) is 0 Å². The minimum absolute atomic E-state index is 0.778. The van der Waals surface area contributed by atoms with Gasteiger partial charge in [0.25, 0.3) is 0 Å². The number of rotatable bonds is 6. The molecule has 0 spiro atoms. The fraction of sp³-hybridized carbons (Fsp3) is 0.312. The standard InChI is InChI=1S/C16H19NO/c1-2-3-7-12-18-15-10-11-16(17-13-15)14-8-5-4-6-9-14/h4-6,8-11,13H,2-3,7,12H2,1H3. The summed E-state index contributed by atoms with van der Waals surface area (Å²) in [5, 5.41) is 0. The van der Waals surface area contributed by atoms with Crippen molar-refractivity contribution in [2.45, 2.75) is 26.2 Å². The van der Waals surface area contributed by atoms with Gasteiger partial charge in [0.05, 0.1) is 18.5 Å². The van der Waals surface area contributed by atoms with Gasteiger partial charge in [-0.15, -0.1) is 0 Å². The van der Waals surface area contributed by atoms with Gasteiger partial charge in [-0.2, -0.15) is 0 Å². The summed E-state index contributed by atoms with van der Waals surface area (Å²) in [7, 11) is 0. The number of benzene rings is 1. The van der Waals surface area contributed by atoms with Crippen molar-refractivity contribution in [2.24, 2.45) is 0 Å². The minimum Gasteiger partial charge on any atom is -0.492 e. The van der Waals surface area contributed by atoms with E-state index in [1.54, 1.807) is 6.20 Å². The van der Waals surface area contributed by atoms with Crippen LogP contribution in [0.3, 0.4) is 0 Å². The highest BCUT2D eigenvalue weighted by Crippen LogP contribution is 2.19. The molecule has 0 aliphatic carbocycles. The van der Waals surface area contributed by atoms with Crippen molar-refractivity contribution in [3.05, 3.63) is 48.7 Å². The van der Waals surface area contributed by atoms with Crippen molar-refractivity contribution in [1.82, 2.24) is 4.98 Å². The molecule has 18 heavy (non-hydrogen) atoms. The lowest BCUT2D eigenvalue weighted by Crippen LogP contribution is -1.97. The van der Waals surface area contributed by atoms with Crippen LogP contribution in [0.4, 0.5) is 0 Å². The highest BCUT2D eigenvalue weighted by atomic mass is 16.5. The number of hydrogen-bond donors (Lipinski definition) is 0. The Morgan fingerprint density at radius 3 is 2.50 bits per heavy atom. The molecule has 0 radical (unpaired) electrons. The molecule has 2 nitrogen and oxygen atoms in total. The highest BCUT2D eigenvalue weighted by Gasteiger charge is 1.99. The lowest BCUT2D eigenvalue weighted by molar-refractivity contribution is 0.305. The first-order valence-corrected chi connectivity index (χ1v) is 6.54. The van der Waals surface area contributed by atoms with E-state index >= 15 is 0 Å². The normalized spacial score (nSPS) is 10.3. The number of pyridine rings is 1. The first-order chi connectivity index (χ1) is 8.90. The van der Waals surface area contributed by atoms with Crippen LogP contribution < -0.4 is 4.74 Å². The molecule has 0 amide bonds. The molecule has 94 valence electrons. The van der Waals surface area contributed by atoms with Gasteiger partial charge < -0.3 is 4.74 Å². The van der Waals surface area contributed by atoms with Gasteiger partial charge in [-0.1, -0.05) is 50.1 Å². The van der Waals surface area contributed by atoms with E-state index in [9.17, 15) is 0 Å². The number of nitrogens with zero attached hydrogens (tertiary/aromatic N) is 1. The van der Waals surface area contributed by atoms with Crippen LogP contribution in [0.25, 0.3) is 11.3 Å². The first kappa shape index (κ1) is 12.6. The van der Waals surface area contributed by atoms with Crippen molar-refractivity contribution in [3.8, 4) is 17.0 Å². The fourth-order valence-electron chi connectivity index (χ4n) is 1.79. The Hall–Kier alpha value is -1.83. The highest BCUT2D eigenvalue weighted by molar-refractivity contribution is 5.58. The van der Waals surface area contributed by atoms with Crippen molar-refractivity contribution < 1.29 is 4.74 Å². The molecule has 0 fully saturated rings. The Balaban J connectivity index is 1.94. The van der Waals surface area contributed by atoms with Crippen LogP contribution in [0.15, 0.2) is 48.7 Å². The second-order valence-electron chi connectivity index (χ2n) is 4.30. The van der Waals surface area contributed by atoms with E-state index in [-0.39, 0.29) is 0 Å². The molecule has 0 aliphatic rings. The number of hydrogen-bond acceptors (Lipinski definition) is 2. The maximum Gasteiger partial charge on any atom is 0.137 e. The lowest BCUT2D eigenvalue weighted by atomic mass is 10.1. The molecule has 2 aromatic rings. The molecule has 0 unspecified atom stereocenters. The van der Waals surface area contributed by atoms with Crippen LogP contribution in [0.2, 0.25) is 0 Å². The SMILES string of the molecule is CCCCCOc1ccc(-c2ccccc2)nc1. The van der Waals surface area contributed by atoms with E-state index in [0.717, 1.165) is 30.0 Å². The topological polar surface area (TPSA) is 22.1 Å². The van der Waals surface area contributed by atoms with Crippen molar-refractivity contribution in [3.63, 3.8) is 0 Å². The number of aromatic nitrogens is 1. The van der Waals surface area contributed by atoms with Gasteiger partial charge >= 0.3 is 0 Å². The molecule has 0 atom stereocenters. The van der Waals surface area contributed by atoms with E-state index < -0.39 is 0 Å². The largest absolute Gasteiger partial charge is 0.492 e. The molecule has 0 aliphatic heterocycles. The first-order valence-electron chi connectivity index (χ1n) is 6.54. The smallest absolute Gasteiger partial charge is 0.137 e. The lowest BCUT2D eigenvalue weighted by Gasteiger charge is -2.06. The summed E-state index contributed by atoms with van der Waals surface area (Å²) in [5.41, 5.74) is 2.12. The van der Waals surface area contributed by atoms with Crippen LogP contribution in [0.5, 0.6) is 5.75 Å². The van der Waals surface area contributed by atoms with Crippen LogP contribution in [-0.2, 0) is 0 Å². The summed E-state index contributed by atoms with van der Waals surface area (Å²) >= 11 is 0. The fourth-order valence-corrected chi connectivity index (χ4v) is 1.79. The van der Waals surface area contributed by atoms with Gasteiger partial charge in [0.2, 0.25) is 0 Å². The summed E-state index contributed by atoms with van der Waals surface area (Å²) in [6.45, 7) is 2.97. The summed E-state index contributed by atoms with van der Waals surface area (Å²) < 4.78 is 5.64. The zero-order chi connectivity index (χ0) is 12.6. The molecule has 2 heteroatoms. The predicted molar refractivity (Wildman–Crippen MR) is 74.7 cm³/mol. The van der Waals surface area contributed by atoms with E-state index in [1.165, 1.54) is 12.8 Å². The van der Waals surface area contributed by atoms with Gasteiger partial charge in [-0.05, 0) is 18.6 Å². The van der Waals surface area contributed by atoms with Crippen LogP contribution in [0, 0.1) is 0 Å². The van der Waals surface area contributed by atoms with Crippen molar-refractivity contribution in [2.75, 3.05) is 6.61 Å². The van der Waals surface area contributed by atoms with Crippen LogP contribution >= 0.6 is 0 Å². The average Bonchev–Trinajstić information content (AvgIpc) is 2.45. The zero-order valence-electron chi connectivity index (χ0n) is 10.8. The Morgan fingerprint density at radius 2 is 1.83 bits per heavy atom. The van der Waals surface area contributed by atoms with Gasteiger partial charge in [-0.25, -0.2) is 0 Å². The van der Waals surface area contributed by atoms with Crippen LogP contribution in [0.1, 0.15) is 26.2 Å². The maximum absolute atomic E-state index is 5.64. The Bertz CT molecular complexity index is 450. The monoisotopic (exact) mass is 241 g/mol. The molecule has 0 bridgehead atoms. The Morgan fingerprint density at radius 1 is 1.00 bits per heavy atom. The molecule has 1 aromatic heterocycles. The van der Waals surface area contributed by atoms with E-state index in [0.29, 0.717) is 0 Å². The molecule has 2 rings (SSSR count). The molecule has 0 saturated carbocycles. The summed E-state index contributed by atoms with van der Waals surface area (Å²) in [4.78, 5) is 4.42. The zero-order valence-corrected chi connectivity index (χ0v) is 10.8.